The molecule has 2 heterocycles. The van der Waals surface area contributed by atoms with Crippen molar-refractivity contribution in [1.29, 1.82) is 0 Å². The summed E-state index contributed by atoms with van der Waals surface area (Å²) < 4.78 is 7.98. The van der Waals surface area contributed by atoms with Gasteiger partial charge in [-0.05, 0) is 105 Å². The van der Waals surface area contributed by atoms with Crippen LogP contribution in [-0.2, 0) is 4.74 Å². The van der Waals surface area contributed by atoms with Crippen molar-refractivity contribution in [1.82, 2.24) is 0 Å². The lowest BCUT2D eigenvalue weighted by Gasteiger charge is -2.41. The predicted molar refractivity (Wildman–Crippen MR) is 134 cm³/mol. The first kappa shape index (κ1) is 22.0. The molecule has 2 atom stereocenters. The van der Waals surface area contributed by atoms with Crippen LogP contribution in [0.25, 0.3) is 10.1 Å². The first-order chi connectivity index (χ1) is 15.2. The number of aryl methyl sites for hydroxylation is 1. The fourth-order valence-electron chi connectivity index (χ4n) is 7.07. The summed E-state index contributed by atoms with van der Waals surface area (Å²) in [7, 11) is 0. The molecule has 0 bridgehead atoms. The minimum Gasteiger partial charge on any atom is -0.377 e. The topological polar surface area (TPSA) is 9.23 Å². The van der Waals surface area contributed by atoms with Gasteiger partial charge in [0.1, 0.15) is 0 Å². The summed E-state index contributed by atoms with van der Waals surface area (Å²) in [6.45, 7) is 5.49. The zero-order valence-electron chi connectivity index (χ0n) is 19.8. The molecule has 170 valence electrons. The van der Waals surface area contributed by atoms with Gasteiger partial charge in [0.25, 0.3) is 0 Å². The van der Waals surface area contributed by atoms with Gasteiger partial charge in [-0.15, -0.1) is 11.3 Å². The molecular formula is C29H42OS. The molecule has 1 aliphatic heterocycles. The van der Waals surface area contributed by atoms with E-state index >= 15 is 0 Å². The summed E-state index contributed by atoms with van der Waals surface area (Å²) in [6.07, 6.45) is 17.9. The molecule has 3 aliphatic rings. The molecule has 0 spiro atoms. The summed E-state index contributed by atoms with van der Waals surface area (Å²) in [6, 6.07) is 9.28. The van der Waals surface area contributed by atoms with Crippen molar-refractivity contribution in [2.75, 3.05) is 6.61 Å². The molecule has 1 saturated heterocycles. The second kappa shape index (κ2) is 9.96. The van der Waals surface area contributed by atoms with Gasteiger partial charge in [0.2, 0.25) is 0 Å². The van der Waals surface area contributed by atoms with Crippen LogP contribution in [0.4, 0.5) is 0 Å². The van der Waals surface area contributed by atoms with Gasteiger partial charge in [-0.2, -0.15) is 0 Å². The van der Waals surface area contributed by atoms with E-state index in [9.17, 15) is 0 Å². The zero-order valence-corrected chi connectivity index (χ0v) is 20.6. The number of benzene rings is 1. The van der Waals surface area contributed by atoms with E-state index in [4.69, 9.17) is 4.74 Å². The van der Waals surface area contributed by atoms with Crippen LogP contribution in [0.2, 0.25) is 0 Å². The van der Waals surface area contributed by atoms with Crippen LogP contribution < -0.4 is 0 Å². The normalized spacial score (nSPS) is 34.8. The molecule has 2 aliphatic carbocycles. The van der Waals surface area contributed by atoms with Crippen LogP contribution in [0.1, 0.15) is 100 Å². The van der Waals surface area contributed by atoms with E-state index < -0.39 is 0 Å². The molecule has 5 rings (SSSR count). The standard InChI is InChI=1S/C29H42OS/c1-3-4-21-6-9-22(10-7-21)23-11-13-24(14-12-23)27-16-15-26(19-30-27)29-18-25-8-5-20(2)17-28(25)31-29/h5,8,17-18,21-24,26-27H,3-4,6-7,9-16,19H2,1-2H3. The maximum Gasteiger partial charge on any atom is 0.0603 e. The molecule has 31 heavy (non-hydrogen) atoms. The Kier molecular flexibility index (Phi) is 7.05. The van der Waals surface area contributed by atoms with Gasteiger partial charge in [-0.25, -0.2) is 0 Å². The first-order valence-corrected chi connectivity index (χ1v) is 14.1. The van der Waals surface area contributed by atoms with Gasteiger partial charge >= 0.3 is 0 Å². The van der Waals surface area contributed by atoms with Crippen LogP contribution in [-0.4, -0.2) is 12.7 Å². The fraction of sp³-hybridized carbons (Fsp3) is 0.724. The average molecular weight is 439 g/mol. The highest BCUT2D eigenvalue weighted by molar-refractivity contribution is 7.19. The lowest BCUT2D eigenvalue weighted by atomic mass is 9.67. The van der Waals surface area contributed by atoms with Gasteiger partial charge in [-0.1, -0.05) is 44.7 Å². The summed E-state index contributed by atoms with van der Waals surface area (Å²) in [4.78, 5) is 1.54. The Labute approximate surface area is 194 Å². The van der Waals surface area contributed by atoms with Crippen molar-refractivity contribution in [2.45, 2.75) is 103 Å². The summed E-state index contributed by atoms with van der Waals surface area (Å²) in [5.41, 5.74) is 1.37. The Bertz CT molecular complexity index is 830. The molecule has 2 aromatic rings. The monoisotopic (exact) mass is 438 g/mol. The second-order valence-electron chi connectivity index (χ2n) is 11.1. The van der Waals surface area contributed by atoms with Gasteiger partial charge in [0.15, 0.2) is 0 Å². The van der Waals surface area contributed by atoms with E-state index in [1.54, 1.807) is 4.88 Å². The zero-order chi connectivity index (χ0) is 21.2. The quantitative estimate of drug-likeness (QED) is 0.453. The third kappa shape index (κ3) is 5.06. The predicted octanol–water partition coefficient (Wildman–Crippen LogP) is 8.89. The molecule has 3 fully saturated rings. The number of hydrogen-bond donors (Lipinski definition) is 0. The van der Waals surface area contributed by atoms with Crippen molar-refractivity contribution in [3.05, 3.63) is 34.7 Å². The Morgan fingerprint density at radius 2 is 1.55 bits per heavy atom. The van der Waals surface area contributed by atoms with E-state index in [2.05, 4.69) is 38.1 Å². The van der Waals surface area contributed by atoms with Gasteiger partial charge in [-0.3, -0.25) is 0 Å². The summed E-state index contributed by atoms with van der Waals surface area (Å²) in [5.74, 6) is 4.56. The molecule has 0 radical (unpaired) electrons. The lowest BCUT2D eigenvalue weighted by Crippen LogP contribution is -2.35. The molecule has 2 unspecified atom stereocenters. The molecule has 1 nitrogen and oxygen atoms in total. The van der Waals surface area contributed by atoms with Gasteiger partial charge < -0.3 is 4.74 Å². The van der Waals surface area contributed by atoms with Crippen LogP contribution in [0.5, 0.6) is 0 Å². The average Bonchev–Trinajstić information content (AvgIpc) is 3.23. The lowest BCUT2D eigenvalue weighted by molar-refractivity contribution is -0.0459. The number of ether oxygens (including phenoxy) is 1. The molecule has 2 heteroatoms. The van der Waals surface area contributed by atoms with E-state index in [1.807, 2.05) is 11.3 Å². The maximum atomic E-state index is 6.53. The third-order valence-electron chi connectivity index (χ3n) is 9.01. The summed E-state index contributed by atoms with van der Waals surface area (Å²) in [5, 5.41) is 1.41. The second-order valence-corrected chi connectivity index (χ2v) is 12.2. The van der Waals surface area contributed by atoms with Crippen molar-refractivity contribution in [3.63, 3.8) is 0 Å². The Morgan fingerprint density at radius 1 is 0.839 bits per heavy atom. The minimum atomic E-state index is 0.536. The third-order valence-corrected chi connectivity index (χ3v) is 10.3. The van der Waals surface area contributed by atoms with Crippen LogP contribution in [0.15, 0.2) is 24.3 Å². The molecular weight excluding hydrogens is 396 g/mol. The number of rotatable bonds is 5. The molecule has 1 aromatic heterocycles. The Hall–Kier alpha value is -0.860. The fourth-order valence-corrected chi connectivity index (χ4v) is 8.35. The molecule has 0 N–H and O–H groups in total. The maximum absolute atomic E-state index is 6.53. The van der Waals surface area contributed by atoms with E-state index in [-0.39, 0.29) is 0 Å². The molecule has 1 aromatic carbocycles. The van der Waals surface area contributed by atoms with Gasteiger partial charge in [0.05, 0.1) is 12.7 Å². The molecule has 0 amide bonds. The highest BCUT2D eigenvalue weighted by atomic mass is 32.1. The van der Waals surface area contributed by atoms with Crippen molar-refractivity contribution in [2.24, 2.45) is 23.7 Å². The van der Waals surface area contributed by atoms with Crippen molar-refractivity contribution in [3.8, 4) is 0 Å². The SMILES string of the molecule is CCCC1CCC(C2CCC(C3CCC(c4cc5ccc(C)cc5s4)CO3)CC2)CC1. The van der Waals surface area contributed by atoms with E-state index in [0.717, 1.165) is 30.3 Å². The number of hydrogen-bond acceptors (Lipinski definition) is 2. The van der Waals surface area contributed by atoms with Gasteiger partial charge in [0, 0.05) is 15.5 Å². The number of fused-ring (bicyclic) bond motifs is 1. The van der Waals surface area contributed by atoms with E-state index in [0.29, 0.717) is 12.0 Å². The Morgan fingerprint density at radius 3 is 2.23 bits per heavy atom. The van der Waals surface area contributed by atoms with Crippen molar-refractivity contribution < 1.29 is 4.74 Å². The highest BCUT2D eigenvalue weighted by Gasteiger charge is 2.35. The first-order valence-electron chi connectivity index (χ1n) is 13.3. The van der Waals surface area contributed by atoms with Crippen LogP contribution in [0.3, 0.4) is 0 Å². The number of thiophene rings is 1. The smallest absolute Gasteiger partial charge is 0.0603 e. The summed E-state index contributed by atoms with van der Waals surface area (Å²) >= 11 is 1.99. The Balaban J connectivity index is 1.08. The van der Waals surface area contributed by atoms with Crippen LogP contribution >= 0.6 is 11.3 Å². The van der Waals surface area contributed by atoms with Crippen molar-refractivity contribution >= 4 is 21.4 Å². The van der Waals surface area contributed by atoms with E-state index in [1.165, 1.54) is 92.7 Å². The highest BCUT2D eigenvalue weighted by Crippen LogP contribution is 2.45. The minimum absolute atomic E-state index is 0.536. The molecule has 2 saturated carbocycles. The van der Waals surface area contributed by atoms with Crippen LogP contribution in [0, 0.1) is 30.6 Å². The largest absolute Gasteiger partial charge is 0.377 e.